The molecule has 0 unspecified atom stereocenters. The van der Waals surface area contributed by atoms with Crippen LogP contribution < -0.4 is 0 Å². The molecule has 3 N–H and O–H groups in total. The lowest BCUT2D eigenvalue weighted by Gasteiger charge is -2.18. The summed E-state index contributed by atoms with van der Waals surface area (Å²) < 4.78 is 0. The second-order valence-electron chi connectivity index (χ2n) is 6.87. The zero-order valence-electron chi connectivity index (χ0n) is 15.1. The van der Waals surface area contributed by atoms with Gasteiger partial charge >= 0.3 is 5.97 Å². The van der Waals surface area contributed by atoms with Gasteiger partial charge in [-0.15, -0.1) is 0 Å². The Kier molecular flexibility index (Phi) is 10.3. The monoisotopic (exact) mass is 352 g/mol. The summed E-state index contributed by atoms with van der Waals surface area (Å²) in [5.41, 5.74) is 0. The number of carbonyl (C=O) groups is 2. The van der Waals surface area contributed by atoms with Crippen LogP contribution in [0.3, 0.4) is 0 Å². The Morgan fingerprint density at radius 2 is 2.04 bits per heavy atom. The highest BCUT2D eigenvalue weighted by molar-refractivity contribution is 5.86. The minimum absolute atomic E-state index is 0.0358. The molecule has 0 aromatic rings. The average molecular weight is 352 g/mol. The summed E-state index contributed by atoms with van der Waals surface area (Å²) in [5.74, 6) is -1.58. The molecule has 0 aromatic heterocycles. The number of aliphatic carboxylic acids is 1. The molecule has 1 aliphatic rings. The minimum atomic E-state index is -0.868. The predicted octanol–water partition coefficient (Wildman–Crippen LogP) is 3.25. The van der Waals surface area contributed by atoms with Crippen LogP contribution in [0.25, 0.3) is 0 Å². The standard InChI is InChI=1S/C20H32O5/c1-2-3-4-5-6-7-9-15(21)12-13-17-16(10-8-11-20(24)25)18(22)14-19(17)23/h6-7,12-13,15-18,21-22H,2-5,8-11,14H2,1H3,(H,24,25)/b7-6-,13-12+/t15-,16+,17+,18+/m1/s1. The van der Waals surface area contributed by atoms with E-state index in [1.54, 1.807) is 12.2 Å². The molecule has 1 rings (SSSR count). The van der Waals surface area contributed by atoms with Crippen LogP contribution in [-0.2, 0) is 9.59 Å². The lowest BCUT2D eigenvalue weighted by molar-refractivity contribution is -0.137. The SMILES string of the molecule is CCCCC/C=C\C[C@@H](O)/C=C/[C@@H]1C(=O)C[C@H](O)[C@H]1CCCC(=O)O. The zero-order chi connectivity index (χ0) is 18.7. The maximum atomic E-state index is 12.0. The molecule has 4 atom stereocenters. The molecular weight excluding hydrogens is 320 g/mol. The van der Waals surface area contributed by atoms with Crippen LogP contribution in [0.5, 0.6) is 0 Å². The molecule has 5 heteroatoms. The number of aliphatic hydroxyl groups is 2. The second kappa shape index (κ2) is 12.0. The number of carboxylic acids is 1. The molecule has 1 fully saturated rings. The third-order valence-electron chi connectivity index (χ3n) is 4.72. The Balaban J connectivity index is 2.45. The number of allylic oxidation sites excluding steroid dienone is 2. The van der Waals surface area contributed by atoms with Crippen LogP contribution >= 0.6 is 0 Å². The maximum absolute atomic E-state index is 12.0. The second-order valence-corrected chi connectivity index (χ2v) is 6.87. The fourth-order valence-electron chi connectivity index (χ4n) is 3.27. The van der Waals surface area contributed by atoms with E-state index in [9.17, 15) is 19.8 Å². The molecule has 5 nitrogen and oxygen atoms in total. The van der Waals surface area contributed by atoms with Crippen LogP contribution in [0.2, 0.25) is 0 Å². The Bertz CT molecular complexity index is 469. The Morgan fingerprint density at radius 1 is 1.28 bits per heavy atom. The molecule has 0 amide bonds. The van der Waals surface area contributed by atoms with Crippen molar-refractivity contribution in [3.8, 4) is 0 Å². The molecule has 0 bridgehead atoms. The van der Waals surface area contributed by atoms with E-state index in [1.165, 1.54) is 12.8 Å². The van der Waals surface area contributed by atoms with Crippen molar-refractivity contribution in [1.29, 1.82) is 0 Å². The number of carbonyl (C=O) groups excluding carboxylic acids is 1. The van der Waals surface area contributed by atoms with Crippen LogP contribution in [0.1, 0.15) is 64.7 Å². The van der Waals surface area contributed by atoms with E-state index in [0.717, 1.165) is 12.8 Å². The molecule has 0 aromatic carbocycles. The summed E-state index contributed by atoms with van der Waals surface area (Å²) in [7, 11) is 0. The van der Waals surface area contributed by atoms with Crippen molar-refractivity contribution in [2.24, 2.45) is 11.8 Å². The van der Waals surface area contributed by atoms with E-state index >= 15 is 0 Å². The fraction of sp³-hybridized carbons (Fsp3) is 0.700. The summed E-state index contributed by atoms with van der Waals surface area (Å²) in [6, 6.07) is 0. The van der Waals surface area contributed by atoms with Gasteiger partial charge in [-0.05, 0) is 38.0 Å². The van der Waals surface area contributed by atoms with Crippen LogP contribution in [0.4, 0.5) is 0 Å². The Labute approximate surface area is 150 Å². The number of unbranched alkanes of at least 4 members (excludes halogenated alkanes) is 3. The molecule has 1 aliphatic carbocycles. The summed E-state index contributed by atoms with van der Waals surface area (Å²) >= 11 is 0. The first kappa shape index (κ1) is 21.6. The third kappa shape index (κ3) is 8.45. The van der Waals surface area contributed by atoms with Crippen molar-refractivity contribution >= 4 is 11.8 Å². The molecule has 142 valence electrons. The van der Waals surface area contributed by atoms with Crippen molar-refractivity contribution in [3.63, 3.8) is 0 Å². The maximum Gasteiger partial charge on any atom is 0.303 e. The highest BCUT2D eigenvalue weighted by Gasteiger charge is 2.39. The molecule has 1 saturated carbocycles. The topological polar surface area (TPSA) is 94.8 Å². The van der Waals surface area contributed by atoms with Crippen molar-refractivity contribution in [3.05, 3.63) is 24.3 Å². The first-order valence-electron chi connectivity index (χ1n) is 9.39. The van der Waals surface area contributed by atoms with Gasteiger partial charge in [0.05, 0.1) is 12.2 Å². The predicted molar refractivity (Wildman–Crippen MR) is 97.1 cm³/mol. The number of hydrogen-bond donors (Lipinski definition) is 3. The van der Waals surface area contributed by atoms with Gasteiger partial charge in [-0.3, -0.25) is 9.59 Å². The van der Waals surface area contributed by atoms with Gasteiger partial charge in [-0.2, -0.15) is 0 Å². The summed E-state index contributed by atoms with van der Waals surface area (Å²) in [6.45, 7) is 2.16. The van der Waals surface area contributed by atoms with E-state index in [4.69, 9.17) is 5.11 Å². The number of rotatable bonds is 12. The Hall–Kier alpha value is -1.46. The molecule has 0 aliphatic heterocycles. The van der Waals surface area contributed by atoms with Gasteiger partial charge in [0, 0.05) is 18.8 Å². The van der Waals surface area contributed by atoms with E-state index in [-0.39, 0.29) is 24.5 Å². The number of ketones is 1. The van der Waals surface area contributed by atoms with Crippen LogP contribution in [-0.4, -0.2) is 39.3 Å². The number of Topliss-reactive ketones (excluding diaryl/α,β-unsaturated/α-hetero) is 1. The minimum Gasteiger partial charge on any atom is -0.481 e. The average Bonchev–Trinajstić information content (AvgIpc) is 2.82. The van der Waals surface area contributed by atoms with Crippen molar-refractivity contribution in [2.75, 3.05) is 0 Å². The zero-order valence-corrected chi connectivity index (χ0v) is 15.1. The van der Waals surface area contributed by atoms with Gasteiger partial charge < -0.3 is 15.3 Å². The number of hydrogen-bond acceptors (Lipinski definition) is 4. The molecule has 25 heavy (non-hydrogen) atoms. The summed E-state index contributed by atoms with van der Waals surface area (Å²) in [6.07, 6.45) is 12.2. The van der Waals surface area contributed by atoms with Gasteiger partial charge in [0.25, 0.3) is 0 Å². The van der Waals surface area contributed by atoms with Gasteiger partial charge in [0.15, 0.2) is 0 Å². The van der Waals surface area contributed by atoms with E-state index in [2.05, 4.69) is 13.0 Å². The molecule has 0 saturated heterocycles. The first-order valence-corrected chi connectivity index (χ1v) is 9.39. The fourth-order valence-corrected chi connectivity index (χ4v) is 3.27. The van der Waals surface area contributed by atoms with Gasteiger partial charge in [-0.1, -0.05) is 44.1 Å². The first-order chi connectivity index (χ1) is 12.0. The van der Waals surface area contributed by atoms with Crippen molar-refractivity contribution < 1.29 is 24.9 Å². The van der Waals surface area contributed by atoms with Gasteiger partial charge in [0.1, 0.15) is 5.78 Å². The van der Waals surface area contributed by atoms with Gasteiger partial charge in [0.2, 0.25) is 0 Å². The molecule has 0 heterocycles. The molecular formula is C20H32O5. The molecule has 0 radical (unpaired) electrons. The van der Waals surface area contributed by atoms with E-state index < -0.39 is 24.1 Å². The highest BCUT2D eigenvalue weighted by Crippen LogP contribution is 2.34. The number of carboxylic acid groups (broad SMARTS) is 1. The highest BCUT2D eigenvalue weighted by atomic mass is 16.4. The molecule has 0 spiro atoms. The van der Waals surface area contributed by atoms with Crippen molar-refractivity contribution in [2.45, 2.75) is 76.9 Å². The lowest BCUT2D eigenvalue weighted by Crippen LogP contribution is -2.20. The Morgan fingerprint density at radius 3 is 2.72 bits per heavy atom. The number of aliphatic hydroxyl groups excluding tert-OH is 2. The summed E-state index contributed by atoms with van der Waals surface area (Å²) in [4.78, 5) is 22.7. The van der Waals surface area contributed by atoms with Crippen LogP contribution in [0, 0.1) is 11.8 Å². The smallest absolute Gasteiger partial charge is 0.303 e. The largest absolute Gasteiger partial charge is 0.481 e. The van der Waals surface area contributed by atoms with Crippen molar-refractivity contribution in [1.82, 2.24) is 0 Å². The van der Waals surface area contributed by atoms with Crippen LogP contribution in [0.15, 0.2) is 24.3 Å². The third-order valence-corrected chi connectivity index (χ3v) is 4.72. The van der Waals surface area contributed by atoms with E-state index in [1.807, 2.05) is 6.08 Å². The summed E-state index contributed by atoms with van der Waals surface area (Å²) in [5, 5.41) is 28.8. The van der Waals surface area contributed by atoms with E-state index in [0.29, 0.717) is 19.3 Å². The normalized spacial score (nSPS) is 25.2. The lowest BCUT2D eigenvalue weighted by atomic mass is 9.88. The quantitative estimate of drug-likeness (QED) is 0.370. The van der Waals surface area contributed by atoms with Gasteiger partial charge in [-0.25, -0.2) is 0 Å².